The van der Waals surface area contributed by atoms with Crippen molar-refractivity contribution < 1.29 is 22.7 Å². The first-order valence-electron chi connectivity index (χ1n) is 9.35. The first kappa shape index (κ1) is 21.7. The van der Waals surface area contributed by atoms with Crippen LogP contribution in [0.1, 0.15) is 33.2 Å². The first-order valence-corrected chi connectivity index (χ1v) is 11.0. The van der Waals surface area contributed by atoms with Crippen LogP contribution < -0.4 is 5.32 Å². The van der Waals surface area contributed by atoms with Crippen LogP contribution in [0.25, 0.3) is 0 Å². The minimum absolute atomic E-state index is 0.0337. The number of aliphatic hydroxyl groups excluding tert-OH is 1. The molecule has 5 nitrogen and oxygen atoms in total. The van der Waals surface area contributed by atoms with Gasteiger partial charge >= 0.3 is 0 Å². The molecule has 1 atom stereocenters. The fourth-order valence-electron chi connectivity index (χ4n) is 2.89. The van der Waals surface area contributed by atoms with Crippen molar-refractivity contribution in [1.82, 2.24) is 5.32 Å². The van der Waals surface area contributed by atoms with Gasteiger partial charge in [0.05, 0.1) is 16.8 Å². The molecule has 0 radical (unpaired) electrons. The summed E-state index contributed by atoms with van der Waals surface area (Å²) in [5, 5.41) is 12.7. The number of hydrogen-bond acceptors (Lipinski definition) is 4. The Kier molecular flexibility index (Phi) is 6.64. The SMILES string of the molecule is Cc1ccc(S(=O)(=O)Cc2ccc(C(=O)NCC(O)c3ccc(F)cc3)cc2)cc1. The number of amides is 1. The van der Waals surface area contributed by atoms with Gasteiger partial charge in [-0.1, -0.05) is 42.0 Å². The molecule has 3 aromatic carbocycles. The van der Waals surface area contributed by atoms with E-state index in [2.05, 4.69) is 5.32 Å². The third-order valence-electron chi connectivity index (χ3n) is 4.66. The Morgan fingerprint density at radius 1 is 0.967 bits per heavy atom. The predicted molar refractivity (Wildman–Crippen MR) is 112 cm³/mol. The van der Waals surface area contributed by atoms with Crippen LogP contribution in [0.5, 0.6) is 0 Å². The van der Waals surface area contributed by atoms with Crippen molar-refractivity contribution in [3.63, 3.8) is 0 Å². The molecule has 156 valence electrons. The van der Waals surface area contributed by atoms with Crippen LogP contribution >= 0.6 is 0 Å². The fraction of sp³-hybridized carbons (Fsp3) is 0.174. The van der Waals surface area contributed by atoms with Gasteiger partial charge in [0.15, 0.2) is 9.84 Å². The van der Waals surface area contributed by atoms with E-state index < -0.39 is 27.7 Å². The summed E-state index contributed by atoms with van der Waals surface area (Å²) in [6.45, 7) is 1.85. The molecule has 7 heteroatoms. The number of rotatable bonds is 7. The molecular formula is C23H22FNO4S. The topological polar surface area (TPSA) is 83.5 Å². The lowest BCUT2D eigenvalue weighted by Crippen LogP contribution is -2.28. The Morgan fingerprint density at radius 3 is 2.17 bits per heavy atom. The molecule has 0 aliphatic carbocycles. The van der Waals surface area contributed by atoms with Gasteiger partial charge in [-0.3, -0.25) is 4.79 Å². The molecule has 0 heterocycles. The van der Waals surface area contributed by atoms with Gasteiger partial charge in [-0.2, -0.15) is 0 Å². The molecule has 3 aromatic rings. The Labute approximate surface area is 175 Å². The van der Waals surface area contributed by atoms with E-state index in [1.54, 1.807) is 48.5 Å². The van der Waals surface area contributed by atoms with Crippen LogP contribution in [0.15, 0.2) is 77.7 Å². The standard InChI is InChI=1S/C23H22FNO4S/c1-16-2-12-21(13-3-16)30(28,29)15-17-4-6-19(7-5-17)23(27)25-14-22(26)18-8-10-20(24)11-9-18/h2-13,22,26H,14-15H2,1H3,(H,25,27). The maximum Gasteiger partial charge on any atom is 0.251 e. The lowest BCUT2D eigenvalue weighted by atomic mass is 10.1. The number of carbonyl (C=O) groups is 1. The average molecular weight is 427 g/mol. The van der Waals surface area contributed by atoms with Crippen molar-refractivity contribution in [3.8, 4) is 0 Å². The lowest BCUT2D eigenvalue weighted by Gasteiger charge is -2.12. The summed E-state index contributed by atoms with van der Waals surface area (Å²) in [6.07, 6.45) is -0.964. The second kappa shape index (κ2) is 9.19. The zero-order valence-electron chi connectivity index (χ0n) is 16.4. The van der Waals surface area contributed by atoms with Gasteiger partial charge in [-0.25, -0.2) is 12.8 Å². The number of hydrogen-bond donors (Lipinski definition) is 2. The zero-order chi connectivity index (χ0) is 21.7. The Bertz CT molecular complexity index is 1110. The molecule has 0 aromatic heterocycles. The summed E-state index contributed by atoms with van der Waals surface area (Å²) in [6, 6.07) is 18.3. The molecule has 0 fully saturated rings. The van der Waals surface area contributed by atoms with Gasteiger partial charge in [0.1, 0.15) is 5.82 Å². The highest BCUT2D eigenvalue weighted by Crippen LogP contribution is 2.18. The van der Waals surface area contributed by atoms with E-state index in [0.717, 1.165) is 5.56 Å². The molecule has 30 heavy (non-hydrogen) atoms. The molecule has 0 saturated carbocycles. The quantitative estimate of drug-likeness (QED) is 0.604. The molecule has 0 aliphatic heterocycles. The van der Waals surface area contributed by atoms with E-state index in [9.17, 15) is 22.7 Å². The Balaban J connectivity index is 1.60. The van der Waals surface area contributed by atoms with Crippen LogP contribution in [-0.4, -0.2) is 26.0 Å². The normalized spacial score (nSPS) is 12.4. The van der Waals surface area contributed by atoms with E-state index in [0.29, 0.717) is 16.7 Å². The molecule has 0 bridgehead atoms. The van der Waals surface area contributed by atoms with E-state index in [1.807, 2.05) is 6.92 Å². The summed E-state index contributed by atoms with van der Waals surface area (Å²) in [5.74, 6) is -0.968. The van der Waals surface area contributed by atoms with Crippen LogP contribution in [0.2, 0.25) is 0 Å². The molecule has 0 saturated heterocycles. The largest absolute Gasteiger partial charge is 0.387 e. The second-order valence-electron chi connectivity index (χ2n) is 7.05. The summed E-state index contributed by atoms with van der Waals surface area (Å²) in [4.78, 5) is 12.5. The Hall–Kier alpha value is -3.03. The van der Waals surface area contributed by atoms with Crippen LogP contribution in [0, 0.1) is 12.7 Å². The number of aliphatic hydroxyl groups is 1. The summed E-state index contributed by atoms with van der Waals surface area (Å²) >= 11 is 0. The van der Waals surface area contributed by atoms with Gasteiger partial charge < -0.3 is 10.4 Å². The molecule has 3 rings (SSSR count). The second-order valence-corrected chi connectivity index (χ2v) is 9.04. The number of carbonyl (C=O) groups excluding carboxylic acids is 1. The number of sulfone groups is 1. The smallest absolute Gasteiger partial charge is 0.251 e. The maximum absolute atomic E-state index is 12.9. The van der Waals surface area contributed by atoms with E-state index in [1.165, 1.54) is 24.3 Å². The third kappa shape index (κ3) is 5.52. The van der Waals surface area contributed by atoms with Crippen molar-refractivity contribution in [3.05, 3.63) is 101 Å². The van der Waals surface area contributed by atoms with Crippen molar-refractivity contribution in [1.29, 1.82) is 0 Å². The van der Waals surface area contributed by atoms with E-state index in [4.69, 9.17) is 0 Å². The minimum atomic E-state index is -3.48. The van der Waals surface area contributed by atoms with Gasteiger partial charge in [0, 0.05) is 12.1 Å². The predicted octanol–water partition coefficient (Wildman–Crippen LogP) is 3.57. The van der Waals surface area contributed by atoms with Crippen LogP contribution in [-0.2, 0) is 15.6 Å². The highest BCUT2D eigenvalue weighted by molar-refractivity contribution is 7.90. The molecule has 0 aliphatic rings. The third-order valence-corrected chi connectivity index (χ3v) is 6.37. The van der Waals surface area contributed by atoms with Gasteiger partial charge in [0.2, 0.25) is 0 Å². The first-order chi connectivity index (χ1) is 14.2. The summed E-state index contributed by atoms with van der Waals surface area (Å²) in [5.41, 5.74) is 2.39. The van der Waals surface area contributed by atoms with Crippen molar-refractivity contribution in [2.75, 3.05) is 6.54 Å². The van der Waals surface area contributed by atoms with E-state index in [-0.39, 0.29) is 17.2 Å². The highest BCUT2D eigenvalue weighted by atomic mass is 32.2. The van der Waals surface area contributed by atoms with Crippen molar-refractivity contribution in [2.24, 2.45) is 0 Å². The Morgan fingerprint density at radius 2 is 1.57 bits per heavy atom. The summed E-state index contributed by atoms with van der Waals surface area (Å²) in [7, 11) is -3.48. The fourth-order valence-corrected chi connectivity index (χ4v) is 4.24. The minimum Gasteiger partial charge on any atom is -0.387 e. The average Bonchev–Trinajstić information content (AvgIpc) is 2.73. The van der Waals surface area contributed by atoms with Gasteiger partial charge in [-0.05, 0) is 54.4 Å². The van der Waals surface area contributed by atoms with Crippen molar-refractivity contribution in [2.45, 2.75) is 23.7 Å². The highest BCUT2D eigenvalue weighted by Gasteiger charge is 2.16. The summed E-state index contributed by atoms with van der Waals surface area (Å²) < 4.78 is 38.0. The zero-order valence-corrected chi connectivity index (χ0v) is 17.2. The number of nitrogens with one attached hydrogen (secondary N) is 1. The molecule has 2 N–H and O–H groups in total. The lowest BCUT2D eigenvalue weighted by molar-refractivity contribution is 0.0916. The maximum atomic E-state index is 12.9. The van der Waals surface area contributed by atoms with Crippen LogP contribution in [0.3, 0.4) is 0 Å². The number of benzene rings is 3. The molecule has 0 spiro atoms. The van der Waals surface area contributed by atoms with Crippen LogP contribution in [0.4, 0.5) is 4.39 Å². The number of halogens is 1. The van der Waals surface area contributed by atoms with Crippen molar-refractivity contribution >= 4 is 15.7 Å². The molecule has 1 amide bonds. The number of aryl methyl sites for hydroxylation is 1. The van der Waals surface area contributed by atoms with Gasteiger partial charge in [0.25, 0.3) is 5.91 Å². The molecular weight excluding hydrogens is 405 g/mol. The van der Waals surface area contributed by atoms with Gasteiger partial charge in [-0.15, -0.1) is 0 Å². The van der Waals surface area contributed by atoms with E-state index >= 15 is 0 Å². The monoisotopic (exact) mass is 427 g/mol. The molecule has 1 unspecified atom stereocenters.